The van der Waals surface area contributed by atoms with E-state index in [1.165, 1.54) is 5.56 Å². The maximum atomic E-state index is 11.8. The van der Waals surface area contributed by atoms with Gasteiger partial charge in [-0.3, -0.25) is 0 Å². The fourth-order valence-electron chi connectivity index (χ4n) is 2.31. The van der Waals surface area contributed by atoms with Crippen molar-refractivity contribution in [3.05, 3.63) is 35.9 Å². The van der Waals surface area contributed by atoms with Gasteiger partial charge >= 0.3 is 6.09 Å². The number of hydrogen-bond donors (Lipinski definition) is 2. The molecule has 0 aliphatic heterocycles. The molecule has 0 saturated carbocycles. The Hall–Kier alpha value is -1.55. The number of ether oxygens (including phenoxy) is 1. The van der Waals surface area contributed by atoms with Crippen molar-refractivity contribution in [3.8, 4) is 0 Å². The molecule has 23 heavy (non-hydrogen) atoms. The highest BCUT2D eigenvalue weighted by Gasteiger charge is 2.17. The second-order valence-corrected chi connectivity index (χ2v) is 6.91. The van der Waals surface area contributed by atoms with Crippen LogP contribution in [-0.4, -0.2) is 30.8 Å². The summed E-state index contributed by atoms with van der Waals surface area (Å²) in [6.07, 6.45) is 4.02. The molecule has 0 aliphatic carbocycles. The second kappa shape index (κ2) is 10.3. The first-order chi connectivity index (χ1) is 10.9. The molecular formula is C19H32N2O2. The van der Waals surface area contributed by atoms with Gasteiger partial charge in [0, 0.05) is 12.6 Å². The third-order valence-corrected chi connectivity index (χ3v) is 3.49. The molecule has 0 saturated heterocycles. The molecule has 1 unspecified atom stereocenters. The molecule has 4 heteroatoms. The highest BCUT2D eigenvalue weighted by Crippen LogP contribution is 2.07. The predicted octanol–water partition coefficient (Wildman–Crippen LogP) is 3.90. The van der Waals surface area contributed by atoms with Crippen LogP contribution in [-0.2, 0) is 11.2 Å². The van der Waals surface area contributed by atoms with E-state index in [2.05, 4.69) is 41.8 Å². The average molecular weight is 320 g/mol. The Morgan fingerprint density at radius 2 is 1.91 bits per heavy atom. The Morgan fingerprint density at radius 1 is 1.22 bits per heavy atom. The van der Waals surface area contributed by atoms with Gasteiger partial charge in [-0.25, -0.2) is 4.79 Å². The summed E-state index contributed by atoms with van der Waals surface area (Å²) in [5.74, 6) is 0. The van der Waals surface area contributed by atoms with Gasteiger partial charge in [0.1, 0.15) is 5.60 Å². The van der Waals surface area contributed by atoms with E-state index in [1.54, 1.807) is 0 Å². The van der Waals surface area contributed by atoms with Crippen molar-refractivity contribution >= 4 is 6.09 Å². The summed E-state index contributed by atoms with van der Waals surface area (Å²) in [6, 6.07) is 10.7. The fraction of sp³-hybridized carbons (Fsp3) is 0.632. The van der Waals surface area contributed by atoms with Crippen LogP contribution in [0.3, 0.4) is 0 Å². The van der Waals surface area contributed by atoms with Crippen LogP contribution in [0.2, 0.25) is 0 Å². The van der Waals surface area contributed by atoms with Crippen molar-refractivity contribution in [3.63, 3.8) is 0 Å². The van der Waals surface area contributed by atoms with Gasteiger partial charge in [-0.05, 0) is 45.7 Å². The van der Waals surface area contributed by atoms with E-state index >= 15 is 0 Å². The van der Waals surface area contributed by atoms with Crippen LogP contribution in [0.15, 0.2) is 30.3 Å². The van der Waals surface area contributed by atoms with Gasteiger partial charge in [-0.15, -0.1) is 0 Å². The molecule has 1 aromatic rings. The zero-order valence-corrected chi connectivity index (χ0v) is 15.0. The summed E-state index contributed by atoms with van der Waals surface area (Å²) in [6.45, 7) is 9.32. The number of unbranched alkanes of at least 4 members (excludes halogenated alkanes) is 1. The molecule has 0 radical (unpaired) electrons. The van der Waals surface area contributed by atoms with E-state index in [-0.39, 0.29) is 12.1 Å². The second-order valence-electron chi connectivity index (χ2n) is 6.91. The van der Waals surface area contributed by atoms with Gasteiger partial charge in [-0.1, -0.05) is 50.1 Å². The first-order valence-corrected chi connectivity index (χ1v) is 8.65. The molecule has 0 fully saturated rings. The van der Waals surface area contributed by atoms with E-state index in [9.17, 15) is 4.79 Å². The summed E-state index contributed by atoms with van der Waals surface area (Å²) in [7, 11) is 0. The summed E-state index contributed by atoms with van der Waals surface area (Å²) >= 11 is 0. The number of rotatable bonds is 9. The number of benzene rings is 1. The van der Waals surface area contributed by atoms with Gasteiger partial charge in [0.05, 0.1) is 0 Å². The van der Waals surface area contributed by atoms with E-state index < -0.39 is 5.60 Å². The fourth-order valence-corrected chi connectivity index (χ4v) is 2.31. The quantitative estimate of drug-likeness (QED) is 0.725. The monoisotopic (exact) mass is 320 g/mol. The van der Waals surface area contributed by atoms with Crippen molar-refractivity contribution < 1.29 is 9.53 Å². The number of carbonyl (C=O) groups excluding carboxylic acids is 1. The van der Waals surface area contributed by atoms with Crippen LogP contribution < -0.4 is 10.6 Å². The molecule has 0 bridgehead atoms. The Bertz CT molecular complexity index is 440. The zero-order chi connectivity index (χ0) is 17.1. The topological polar surface area (TPSA) is 50.4 Å². The van der Waals surface area contributed by atoms with Crippen LogP contribution in [0, 0.1) is 0 Å². The molecule has 4 nitrogen and oxygen atoms in total. The lowest BCUT2D eigenvalue weighted by molar-refractivity contribution is 0.0521. The minimum Gasteiger partial charge on any atom is -0.444 e. The molecular weight excluding hydrogens is 288 g/mol. The zero-order valence-electron chi connectivity index (χ0n) is 15.0. The highest BCUT2D eigenvalue weighted by molar-refractivity contribution is 5.67. The molecule has 0 aromatic heterocycles. The smallest absolute Gasteiger partial charge is 0.407 e. The third kappa shape index (κ3) is 9.95. The number of amides is 1. The molecule has 1 aromatic carbocycles. The van der Waals surface area contributed by atoms with E-state index in [0.717, 1.165) is 32.2 Å². The maximum absolute atomic E-state index is 11.8. The van der Waals surface area contributed by atoms with Crippen LogP contribution in [0.4, 0.5) is 4.79 Å². The first-order valence-electron chi connectivity index (χ1n) is 8.65. The number of alkyl carbamates (subject to hydrolysis) is 1. The lowest BCUT2D eigenvalue weighted by atomic mass is 10.1. The lowest BCUT2D eigenvalue weighted by Gasteiger charge is -2.22. The number of nitrogens with one attached hydrogen (secondary N) is 2. The molecule has 0 spiro atoms. The molecule has 1 amide bonds. The van der Waals surface area contributed by atoms with Crippen LogP contribution in [0.1, 0.15) is 52.5 Å². The Labute approximate surface area is 141 Å². The Kier molecular flexibility index (Phi) is 8.70. The van der Waals surface area contributed by atoms with Gasteiger partial charge < -0.3 is 15.4 Å². The maximum Gasteiger partial charge on any atom is 0.407 e. The Balaban J connectivity index is 2.35. The number of hydrogen-bond acceptors (Lipinski definition) is 3. The van der Waals surface area contributed by atoms with E-state index in [0.29, 0.717) is 6.54 Å². The highest BCUT2D eigenvalue weighted by atomic mass is 16.6. The largest absolute Gasteiger partial charge is 0.444 e. The predicted molar refractivity (Wildman–Crippen MR) is 95.7 cm³/mol. The standard InChI is InChI=1S/C19H32N2O2/c1-5-6-12-17(15-21-18(22)23-19(2,3)4)20-14-13-16-10-8-7-9-11-16/h7-11,17,20H,5-6,12-15H2,1-4H3,(H,21,22). The molecule has 2 N–H and O–H groups in total. The third-order valence-electron chi connectivity index (χ3n) is 3.49. The molecule has 130 valence electrons. The average Bonchev–Trinajstić information content (AvgIpc) is 2.49. The first kappa shape index (κ1) is 19.5. The summed E-state index contributed by atoms with van der Waals surface area (Å²) in [5, 5.41) is 6.42. The van der Waals surface area contributed by atoms with Crippen molar-refractivity contribution in [1.82, 2.24) is 10.6 Å². The van der Waals surface area contributed by atoms with Crippen LogP contribution in [0.25, 0.3) is 0 Å². The van der Waals surface area contributed by atoms with E-state index in [4.69, 9.17) is 4.74 Å². The van der Waals surface area contributed by atoms with Crippen molar-refractivity contribution in [1.29, 1.82) is 0 Å². The van der Waals surface area contributed by atoms with Crippen molar-refractivity contribution in [2.45, 2.75) is 65.0 Å². The van der Waals surface area contributed by atoms with E-state index in [1.807, 2.05) is 26.8 Å². The minimum absolute atomic E-state index is 0.284. The lowest BCUT2D eigenvalue weighted by Crippen LogP contribution is -2.43. The summed E-state index contributed by atoms with van der Waals surface area (Å²) < 4.78 is 5.29. The SMILES string of the molecule is CCCCC(CNC(=O)OC(C)(C)C)NCCc1ccccc1. The van der Waals surface area contributed by atoms with Gasteiger partial charge in [0.15, 0.2) is 0 Å². The Morgan fingerprint density at radius 3 is 2.52 bits per heavy atom. The normalized spacial score (nSPS) is 12.7. The molecule has 0 heterocycles. The van der Waals surface area contributed by atoms with Gasteiger partial charge in [0.2, 0.25) is 0 Å². The van der Waals surface area contributed by atoms with Crippen molar-refractivity contribution in [2.75, 3.05) is 13.1 Å². The van der Waals surface area contributed by atoms with Crippen LogP contribution >= 0.6 is 0 Å². The molecule has 1 rings (SSSR count). The molecule has 1 atom stereocenters. The minimum atomic E-state index is -0.455. The number of carbonyl (C=O) groups is 1. The van der Waals surface area contributed by atoms with Gasteiger partial charge in [-0.2, -0.15) is 0 Å². The summed E-state index contributed by atoms with van der Waals surface area (Å²) in [5.41, 5.74) is 0.873. The van der Waals surface area contributed by atoms with Gasteiger partial charge in [0.25, 0.3) is 0 Å². The van der Waals surface area contributed by atoms with Crippen molar-refractivity contribution in [2.24, 2.45) is 0 Å². The summed E-state index contributed by atoms with van der Waals surface area (Å²) in [4.78, 5) is 11.8. The molecule has 0 aliphatic rings. The van der Waals surface area contributed by atoms with Crippen LogP contribution in [0.5, 0.6) is 0 Å².